The summed E-state index contributed by atoms with van der Waals surface area (Å²) in [5, 5.41) is 11.1. The smallest absolute Gasteiger partial charge is 0.257 e. The van der Waals surface area contributed by atoms with Gasteiger partial charge in [0.05, 0.1) is 16.5 Å². The van der Waals surface area contributed by atoms with Gasteiger partial charge in [-0.25, -0.2) is 18.5 Å². The molecule has 2 heterocycles. The topological polar surface area (TPSA) is 150 Å². The Hall–Kier alpha value is -3.48. The van der Waals surface area contributed by atoms with E-state index in [0.29, 0.717) is 40.0 Å². The molecule has 0 spiro atoms. The highest BCUT2D eigenvalue weighted by molar-refractivity contribution is 7.89. The van der Waals surface area contributed by atoms with E-state index in [1.807, 2.05) is 0 Å². The molecule has 2 aliphatic rings. The number of amides is 2. The fourth-order valence-corrected chi connectivity index (χ4v) is 5.47. The van der Waals surface area contributed by atoms with Gasteiger partial charge in [-0.1, -0.05) is 0 Å². The minimum Gasteiger partial charge on any atom is -0.454 e. The van der Waals surface area contributed by atoms with Gasteiger partial charge in [-0.15, -0.1) is 11.3 Å². The second-order valence-corrected chi connectivity index (χ2v) is 10.5. The molecule has 10 nitrogen and oxygen atoms in total. The van der Waals surface area contributed by atoms with Crippen LogP contribution in [0.3, 0.4) is 0 Å². The summed E-state index contributed by atoms with van der Waals surface area (Å²) in [6.07, 6.45) is 2.21. The average Bonchev–Trinajstić information content (AvgIpc) is 3.44. The van der Waals surface area contributed by atoms with Gasteiger partial charge in [0.25, 0.3) is 5.91 Å². The van der Waals surface area contributed by atoms with E-state index in [9.17, 15) is 18.0 Å². The van der Waals surface area contributed by atoms with E-state index in [4.69, 9.17) is 14.6 Å². The lowest BCUT2D eigenvalue weighted by molar-refractivity contribution is -0.117. The molecule has 1 aliphatic heterocycles. The SMILES string of the molecule is NS(=O)(=O)c1ccc(NC(=O)C2CCCc3sc(NC(=O)c4ccc5c(c4)OCO5)nc32)cc1. The Morgan fingerprint density at radius 3 is 2.59 bits per heavy atom. The molecular formula is C22H20N4O6S2. The Balaban J connectivity index is 1.30. The third-order valence-electron chi connectivity index (χ3n) is 5.58. The standard InChI is InChI=1S/C22H20N4O6S2/c23-34(29,30)14-7-5-13(6-8-14)24-21(28)15-2-1-3-18-19(15)25-22(33-18)26-20(27)12-4-9-16-17(10-12)32-11-31-16/h4-10,15H,1-3,11H2,(H,24,28)(H2,23,29,30)(H,25,26,27). The number of ether oxygens (including phenoxy) is 2. The van der Waals surface area contributed by atoms with Crippen molar-refractivity contribution in [2.75, 3.05) is 17.4 Å². The van der Waals surface area contributed by atoms with Gasteiger partial charge in [-0.05, 0) is 61.7 Å². The van der Waals surface area contributed by atoms with Crippen molar-refractivity contribution in [3.63, 3.8) is 0 Å². The van der Waals surface area contributed by atoms with Crippen LogP contribution in [0, 0.1) is 0 Å². The maximum atomic E-state index is 13.0. The van der Waals surface area contributed by atoms with E-state index in [1.165, 1.54) is 35.6 Å². The Morgan fingerprint density at radius 1 is 1.06 bits per heavy atom. The summed E-state index contributed by atoms with van der Waals surface area (Å²) >= 11 is 1.36. The molecule has 0 radical (unpaired) electrons. The lowest BCUT2D eigenvalue weighted by Gasteiger charge is -2.20. The number of nitrogens with two attached hydrogens (primary N) is 1. The van der Waals surface area contributed by atoms with Crippen molar-refractivity contribution >= 4 is 44.0 Å². The molecule has 2 aromatic carbocycles. The molecule has 176 valence electrons. The maximum absolute atomic E-state index is 13.0. The Labute approximate surface area is 199 Å². The third kappa shape index (κ3) is 4.47. The van der Waals surface area contributed by atoms with Crippen molar-refractivity contribution in [3.8, 4) is 11.5 Å². The highest BCUT2D eigenvalue weighted by Crippen LogP contribution is 2.38. The summed E-state index contributed by atoms with van der Waals surface area (Å²) in [6.45, 7) is 0.124. The highest BCUT2D eigenvalue weighted by atomic mass is 32.2. The van der Waals surface area contributed by atoms with E-state index >= 15 is 0 Å². The molecule has 34 heavy (non-hydrogen) atoms. The van der Waals surface area contributed by atoms with Crippen molar-refractivity contribution < 1.29 is 27.5 Å². The van der Waals surface area contributed by atoms with Gasteiger partial charge in [-0.3, -0.25) is 14.9 Å². The molecule has 4 N–H and O–H groups in total. The number of aryl methyl sites for hydroxylation is 1. The zero-order chi connectivity index (χ0) is 23.9. The molecule has 2 amide bonds. The van der Waals surface area contributed by atoms with Crippen molar-refractivity contribution in [1.82, 2.24) is 4.98 Å². The van der Waals surface area contributed by atoms with E-state index < -0.39 is 15.9 Å². The molecule has 0 saturated heterocycles. The van der Waals surface area contributed by atoms with E-state index in [2.05, 4.69) is 15.6 Å². The first-order valence-corrected chi connectivity index (χ1v) is 12.8. The maximum Gasteiger partial charge on any atom is 0.257 e. The fraction of sp³-hybridized carbons (Fsp3) is 0.227. The quantitative estimate of drug-likeness (QED) is 0.487. The normalized spacial score (nSPS) is 16.6. The van der Waals surface area contributed by atoms with Gasteiger partial charge in [0.1, 0.15) is 0 Å². The molecule has 3 aromatic rings. The Morgan fingerprint density at radius 2 is 1.82 bits per heavy atom. The molecule has 0 bridgehead atoms. The number of primary sulfonamides is 1. The molecule has 1 aromatic heterocycles. The van der Waals surface area contributed by atoms with Crippen molar-refractivity contribution in [2.45, 2.75) is 30.1 Å². The van der Waals surface area contributed by atoms with Gasteiger partial charge in [0, 0.05) is 16.1 Å². The van der Waals surface area contributed by atoms with Gasteiger partial charge in [-0.2, -0.15) is 0 Å². The number of anilines is 2. The zero-order valence-corrected chi connectivity index (χ0v) is 19.4. The van der Waals surface area contributed by atoms with Crippen LogP contribution in [0.5, 0.6) is 11.5 Å². The molecule has 0 saturated carbocycles. The number of rotatable bonds is 5. The first kappa shape index (κ1) is 22.3. The number of aromatic nitrogens is 1. The zero-order valence-electron chi connectivity index (χ0n) is 17.7. The molecule has 5 rings (SSSR count). The van der Waals surface area contributed by atoms with E-state index in [1.54, 1.807) is 18.2 Å². The van der Waals surface area contributed by atoms with Gasteiger partial charge < -0.3 is 14.8 Å². The molecule has 0 fully saturated rings. The van der Waals surface area contributed by atoms with Gasteiger partial charge in [0.2, 0.25) is 22.7 Å². The van der Waals surface area contributed by atoms with Crippen LogP contribution in [0.2, 0.25) is 0 Å². The number of carbonyl (C=O) groups is 2. The second-order valence-electron chi connectivity index (χ2n) is 7.85. The van der Waals surface area contributed by atoms with Crippen molar-refractivity contribution in [2.24, 2.45) is 5.14 Å². The number of benzene rings is 2. The molecular weight excluding hydrogens is 480 g/mol. The summed E-state index contributed by atoms with van der Waals surface area (Å²) in [5.41, 5.74) is 1.52. The van der Waals surface area contributed by atoms with Crippen LogP contribution in [0.1, 0.15) is 39.7 Å². The lowest BCUT2D eigenvalue weighted by Crippen LogP contribution is -2.24. The number of sulfonamides is 1. The van der Waals surface area contributed by atoms with Crippen LogP contribution in [0.15, 0.2) is 47.4 Å². The number of nitrogens with one attached hydrogen (secondary N) is 2. The van der Waals surface area contributed by atoms with E-state index in [0.717, 1.165) is 17.7 Å². The number of thiazole rings is 1. The van der Waals surface area contributed by atoms with Crippen LogP contribution in [0.4, 0.5) is 10.8 Å². The number of hydrogen-bond donors (Lipinski definition) is 3. The van der Waals surface area contributed by atoms with Crippen LogP contribution >= 0.6 is 11.3 Å². The minimum absolute atomic E-state index is 0.0344. The van der Waals surface area contributed by atoms with Crippen LogP contribution in [-0.4, -0.2) is 32.0 Å². The fourth-order valence-electron chi connectivity index (χ4n) is 3.89. The Kier molecular flexibility index (Phi) is 5.71. The van der Waals surface area contributed by atoms with E-state index in [-0.39, 0.29) is 23.5 Å². The average molecular weight is 501 g/mol. The molecule has 1 aliphatic carbocycles. The van der Waals surface area contributed by atoms with Crippen LogP contribution in [0.25, 0.3) is 0 Å². The van der Waals surface area contributed by atoms with Crippen molar-refractivity contribution in [3.05, 3.63) is 58.6 Å². The number of carbonyl (C=O) groups excluding carboxylic acids is 2. The number of fused-ring (bicyclic) bond motifs is 2. The first-order valence-electron chi connectivity index (χ1n) is 10.4. The summed E-state index contributed by atoms with van der Waals surface area (Å²) in [5.74, 6) is 0.0482. The molecule has 1 atom stereocenters. The molecule has 1 unspecified atom stereocenters. The summed E-state index contributed by atoms with van der Waals surface area (Å²) in [7, 11) is -3.81. The minimum atomic E-state index is -3.81. The molecule has 12 heteroatoms. The van der Waals surface area contributed by atoms with Gasteiger partial charge in [0.15, 0.2) is 16.6 Å². The summed E-state index contributed by atoms with van der Waals surface area (Å²) < 4.78 is 33.4. The predicted octanol–water partition coefficient (Wildman–Crippen LogP) is 2.83. The van der Waals surface area contributed by atoms with Crippen LogP contribution < -0.4 is 25.2 Å². The monoisotopic (exact) mass is 500 g/mol. The predicted molar refractivity (Wildman–Crippen MR) is 125 cm³/mol. The number of hydrogen-bond acceptors (Lipinski definition) is 8. The summed E-state index contributed by atoms with van der Waals surface area (Å²) in [6, 6.07) is 10.6. The van der Waals surface area contributed by atoms with Crippen LogP contribution in [-0.2, 0) is 21.2 Å². The first-order chi connectivity index (χ1) is 16.3. The second kappa shape index (κ2) is 8.70. The van der Waals surface area contributed by atoms with Crippen molar-refractivity contribution in [1.29, 1.82) is 0 Å². The number of nitrogens with zero attached hydrogens (tertiary/aromatic N) is 1. The summed E-state index contributed by atoms with van der Waals surface area (Å²) in [4.78, 5) is 31.2. The highest BCUT2D eigenvalue weighted by Gasteiger charge is 2.31. The lowest BCUT2D eigenvalue weighted by atomic mass is 9.90. The van der Waals surface area contributed by atoms with Gasteiger partial charge >= 0.3 is 0 Å². The largest absolute Gasteiger partial charge is 0.454 e. The Bertz CT molecular complexity index is 1380. The third-order valence-corrected chi connectivity index (χ3v) is 7.55.